The molecule has 0 spiro atoms. The maximum atomic E-state index is 14.3. The summed E-state index contributed by atoms with van der Waals surface area (Å²) in [6.45, 7) is 2.26. The monoisotopic (exact) mass is 607 g/mol. The maximum Gasteiger partial charge on any atom is 0.315 e. The number of benzene rings is 3. The van der Waals surface area contributed by atoms with Crippen molar-refractivity contribution >= 4 is 17.5 Å². The Morgan fingerprint density at radius 2 is 1.58 bits per heavy atom. The molecule has 45 heavy (non-hydrogen) atoms. The molecule has 234 valence electrons. The number of nitrogens with zero attached hydrogens (tertiary/aromatic N) is 1. The molecule has 3 atom stereocenters. The molecule has 3 aliphatic rings. The van der Waals surface area contributed by atoms with Gasteiger partial charge in [0.25, 0.3) is 0 Å². The van der Waals surface area contributed by atoms with E-state index in [-0.39, 0.29) is 23.8 Å². The number of aliphatic imine (C=N–C) groups is 1. The number of allylic oxidation sites excluding steroid dienone is 2. The molecule has 1 saturated carbocycles. The van der Waals surface area contributed by atoms with Crippen molar-refractivity contribution in [2.75, 3.05) is 14.2 Å². The molecule has 0 N–H and O–H groups in total. The molecule has 7 heteroatoms. The quantitative estimate of drug-likeness (QED) is 0.232. The lowest BCUT2D eigenvalue weighted by molar-refractivity contribution is -0.153. The van der Waals surface area contributed by atoms with Crippen LogP contribution in [0, 0.1) is 5.92 Å². The van der Waals surface area contributed by atoms with E-state index >= 15 is 0 Å². The van der Waals surface area contributed by atoms with Crippen molar-refractivity contribution in [3.63, 3.8) is 0 Å². The van der Waals surface area contributed by atoms with Crippen LogP contribution in [0.1, 0.15) is 80.4 Å². The van der Waals surface area contributed by atoms with Crippen LogP contribution in [0.4, 0.5) is 0 Å². The van der Waals surface area contributed by atoms with E-state index in [1.807, 2.05) is 79.7 Å². The van der Waals surface area contributed by atoms with Gasteiger partial charge in [0, 0.05) is 34.9 Å². The summed E-state index contributed by atoms with van der Waals surface area (Å²) in [6.07, 6.45) is 5.79. The number of carbonyl (C=O) groups is 2. The van der Waals surface area contributed by atoms with E-state index in [1.54, 1.807) is 14.2 Å². The second kappa shape index (κ2) is 13.7. The Kier molecular flexibility index (Phi) is 9.34. The Bertz CT molecular complexity index is 1600. The summed E-state index contributed by atoms with van der Waals surface area (Å²) in [7, 11) is 3.22. The summed E-state index contributed by atoms with van der Waals surface area (Å²) in [5.74, 6) is 0.243. The summed E-state index contributed by atoms with van der Waals surface area (Å²) in [6, 6.07) is 23.5. The zero-order valence-electron chi connectivity index (χ0n) is 26.3. The summed E-state index contributed by atoms with van der Waals surface area (Å²) in [5, 5.41) is 0. The molecule has 3 aromatic carbocycles. The SMILES string of the molecule is COc1ccc([C@H]2CC(=O)C3=C(C2)N=C(C)C(C(=O)OC2CCCCC2)[C@H]3c2ccccc2OCc2ccccc2)cc1OC. The smallest absolute Gasteiger partial charge is 0.315 e. The average Bonchev–Trinajstić information content (AvgIpc) is 3.07. The number of ketones is 1. The molecule has 1 unspecified atom stereocenters. The van der Waals surface area contributed by atoms with E-state index in [4.69, 9.17) is 23.9 Å². The molecule has 7 nitrogen and oxygen atoms in total. The van der Waals surface area contributed by atoms with Gasteiger partial charge in [-0.1, -0.05) is 61.0 Å². The number of ether oxygens (including phenoxy) is 4. The Balaban J connectivity index is 1.38. The summed E-state index contributed by atoms with van der Waals surface area (Å²) in [4.78, 5) is 33.3. The van der Waals surface area contributed by atoms with Crippen LogP contribution >= 0.6 is 0 Å². The predicted octanol–water partition coefficient (Wildman–Crippen LogP) is 7.73. The lowest BCUT2D eigenvalue weighted by Gasteiger charge is -2.37. The minimum atomic E-state index is -0.714. The van der Waals surface area contributed by atoms with Crippen LogP contribution in [0.25, 0.3) is 0 Å². The highest BCUT2D eigenvalue weighted by Crippen LogP contribution is 2.49. The first-order valence-electron chi connectivity index (χ1n) is 16.0. The second-order valence-electron chi connectivity index (χ2n) is 12.2. The third kappa shape index (κ3) is 6.53. The molecule has 0 aromatic heterocycles. The highest BCUT2D eigenvalue weighted by atomic mass is 16.5. The van der Waals surface area contributed by atoms with E-state index in [1.165, 1.54) is 6.42 Å². The zero-order valence-corrected chi connectivity index (χ0v) is 26.3. The molecule has 1 aliphatic heterocycles. The number of esters is 1. The summed E-state index contributed by atoms with van der Waals surface area (Å²) in [5.41, 5.74) is 4.82. The van der Waals surface area contributed by atoms with Gasteiger partial charge in [-0.3, -0.25) is 14.6 Å². The van der Waals surface area contributed by atoms with E-state index < -0.39 is 11.8 Å². The Morgan fingerprint density at radius 3 is 2.33 bits per heavy atom. The molecular formula is C38H41NO6. The molecule has 1 heterocycles. The zero-order chi connectivity index (χ0) is 31.3. The Morgan fingerprint density at radius 1 is 0.844 bits per heavy atom. The number of rotatable bonds is 9. The van der Waals surface area contributed by atoms with Gasteiger partial charge in [-0.15, -0.1) is 0 Å². The lowest BCUT2D eigenvalue weighted by atomic mass is 9.69. The number of methoxy groups -OCH3 is 2. The van der Waals surface area contributed by atoms with Crippen LogP contribution in [0.2, 0.25) is 0 Å². The molecule has 3 aromatic rings. The van der Waals surface area contributed by atoms with E-state index in [0.29, 0.717) is 48.0 Å². The van der Waals surface area contributed by atoms with Crippen LogP contribution in [0.15, 0.2) is 89.1 Å². The van der Waals surface area contributed by atoms with Crippen molar-refractivity contribution in [2.45, 2.75) is 76.4 Å². The minimum Gasteiger partial charge on any atom is -0.493 e. The van der Waals surface area contributed by atoms with Crippen molar-refractivity contribution in [2.24, 2.45) is 10.9 Å². The molecule has 0 saturated heterocycles. The van der Waals surface area contributed by atoms with Crippen LogP contribution in [-0.2, 0) is 20.9 Å². The normalized spacial score (nSPS) is 21.9. The maximum absolute atomic E-state index is 14.3. The highest BCUT2D eigenvalue weighted by molar-refractivity contribution is 6.09. The first kappa shape index (κ1) is 30.6. The largest absolute Gasteiger partial charge is 0.493 e. The Hall–Kier alpha value is -4.39. The number of para-hydroxylation sites is 1. The van der Waals surface area contributed by atoms with Crippen molar-refractivity contribution < 1.29 is 28.5 Å². The highest BCUT2D eigenvalue weighted by Gasteiger charge is 2.46. The van der Waals surface area contributed by atoms with Gasteiger partial charge in [-0.25, -0.2) is 0 Å². The number of Topliss-reactive ketones (excluding diaryl/α,β-unsaturated/α-hetero) is 1. The van der Waals surface area contributed by atoms with Gasteiger partial charge in [0.15, 0.2) is 17.3 Å². The van der Waals surface area contributed by atoms with Gasteiger partial charge in [0.05, 0.1) is 14.2 Å². The second-order valence-corrected chi connectivity index (χ2v) is 12.2. The van der Waals surface area contributed by atoms with E-state index in [9.17, 15) is 9.59 Å². The predicted molar refractivity (Wildman–Crippen MR) is 173 cm³/mol. The fourth-order valence-corrected chi connectivity index (χ4v) is 7.07. The van der Waals surface area contributed by atoms with E-state index in [0.717, 1.165) is 48.1 Å². The van der Waals surface area contributed by atoms with Crippen LogP contribution in [-0.4, -0.2) is 37.8 Å². The first-order chi connectivity index (χ1) is 22.0. The van der Waals surface area contributed by atoms with Gasteiger partial charge in [-0.2, -0.15) is 0 Å². The fourth-order valence-electron chi connectivity index (χ4n) is 7.07. The summed E-state index contributed by atoms with van der Waals surface area (Å²) < 4.78 is 23.5. The van der Waals surface area contributed by atoms with Gasteiger partial charge in [0.2, 0.25) is 0 Å². The third-order valence-corrected chi connectivity index (χ3v) is 9.35. The van der Waals surface area contributed by atoms with E-state index in [2.05, 4.69) is 0 Å². The van der Waals surface area contributed by atoms with Gasteiger partial charge < -0.3 is 18.9 Å². The number of carbonyl (C=O) groups excluding carboxylic acids is 2. The van der Waals surface area contributed by atoms with Gasteiger partial charge in [0.1, 0.15) is 24.4 Å². The van der Waals surface area contributed by atoms with Crippen LogP contribution in [0.3, 0.4) is 0 Å². The van der Waals surface area contributed by atoms with Gasteiger partial charge in [-0.05, 0) is 74.3 Å². The summed E-state index contributed by atoms with van der Waals surface area (Å²) >= 11 is 0. The molecule has 0 amide bonds. The molecule has 2 aliphatic carbocycles. The molecule has 1 fully saturated rings. The standard InChI is InChI=1S/C38H41NO6/c1-24-35(38(41)45-28-14-8-5-9-15-28)36(29-16-10-11-17-32(29)44-23-25-12-6-4-7-13-25)37-30(39-24)20-27(21-31(37)40)26-18-19-33(42-2)34(22-26)43-3/h4,6-7,10-13,16-19,22,27-28,35-36H,5,8-9,14-15,20-21,23H2,1-3H3/t27-,35?,36-/m1/s1. The number of hydrogen-bond donors (Lipinski definition) is 0. The Labute approximate surface area is 265 Å². The molecule has 6 rings (SSSR count). The minimum absolute atomic E-state index is 0.00869. The van der Waals surface area contributed by atoms with Crippen molar-refractivity contribution in [3.8, 4) is 17.2 Å². The lowest BCUT2D eigenvalue weighted by Crippen LogP contribution is -2.39. The van der Waals surface area contributed by atoms with Crippen molar-refractivity contribution in [1.82, 2.24) is 0 Å². The van der Waals surface area contributed by atoms with Crippen LogP contribution in [0.5, 0.6) is 17.2 Å². The van der Waals surface area contributed by atoms with Crippen LogP contribution < -0.4 is 14.2 Å². The van der Waals surface area contributed by atoms with Gasteiger partial charge >= 0.3 is 5.97 Å². The van der Waals surface area contributed by atoms with Crippen molar-refractivity contribution in [3.05, 3.63) is 101 Å². The fraction of sp³-hybridized carbons (Fsp3) is 0.395. The molecule has 0 radical (unpaired) electrons. The third-order valence-electron chi connectivity index (χ3n) is 9.35. The first-order valence-corrected chi connectivity index (χ1v) is 16.0. The molecule has 0 bridgehead atoms. The van der Waals surface area contributed by atoms with Crippen molar-refractivity contribution in [1.29, 1.82) is 0 Å². The average molecular weight is 608 g/mol. The topological polar surface area (TPSA) is 83.4 Å². The number of hydrogen-bond acceptors (Lipinski definition) is 7. The molecular weight excluding hydrogens is 566 g/mol.